The lowest BCUT2D eigenvalue weighted by atomic mass is 10.2. The normalized spacial score (nSPS) is 10.3. The van der Waals surface area contributed by atoms with Crippen LogP contribution in [-0.2, 0) is 9.53 Å². The van der Waals surface area contributed by atoms with Crippen LogP contribution in [0, 0.1) is 5.92 Å². The van der Waals surface area contributed by atoms with Gasteiger partial charge in [0.05, 0.1) is 25.8 Å². The van der Waals surface area contributed by atoms with E-state index in [2.05, 4.69) is 29.2 Å². The van der Waals surface area contributed by atoms with E-state index in [4.69, 9.17) is 4.74 Å². The highest BCUT2D eigenvalue weighted by molar-refractivity contribution is 5.95. The Morgan fingerprint density at radius 3 is 2.42 bits per heavy atom. The van der Waals surface area contributed by atoms with Crippen molar-refractivity contribution in [3.63, 3.8) is 0 Å². The van der Waals surface area contributed by atoms with E-state index >= 15 is 0 Å². The molecule has 2 rings (SSSR count). The summed E-state index contributed by atoms with van der Waals surface area (Å²) in [6.07, 6.45) is 0. The van der Waals surface area contributed by atoms with Gasteiger partial charge < -0.3 is 20.1 Å². The van der Waals surface area contributed by atoms with Crippen LogP contribution in [0.3, 0.4) is 0 Å². The van der Waals surface area contributed by atoms with Gasteiger partial charge in [-0.3, -0.25) is 4.79 Å². The zero-order valence-electron chi connectivity index (χ0n) is 15.2. The van der Waals surface area contributed by atoms with Crippen molar-refractivity contribution in [2.45, 2.75) is 13.8 Å². The summed E-state index contributed by atoms with van der Waals surface area (Å²) in [6, 6.07) is 14.0. The number of carbonyl (C=O) groups is 2. The van der Waals surface area contributed by atoms with Crippen LogP contribution in [0.15, 0.2) is 48.5 Å². The second-order valence-electron chi connectivity index (χ2n) is 6.20. The molecule has 0 aliphatic rings. The van der Waals surface area contributed by atoms with E-state index < -0.39 is 5.97 Å². The predicted octanol–water partition coefficient (Wildman–Crippen LogP) is 3.56. The number of hydrogen-bond acceptors (Lipinski definition) is 5. The molecule has 2 N–H and O–H groups in total. The van der Waals surface area contributed by atoms with E-state index in [9.17, 15) is 9.59 Å². The molecular weight excluding hydrogens is 332 g/mol. The van der Waals surface area contributed by atoms with E-state index in [1.165, 1.54) is 7.11 Å². The molecule has 0 aliphatic carbocycles. The van der Waals surface area contributed by atoms with Crippen LogP contribution in [0.25, 0.3) is 0 Å². The maximum Gasteiger partial charge on any atom is 0.337 e. The molecule has 0 bridgehead atoms. The minimum atomic E-state index is -0.413. The van der Waals surface area contributed by atoms with E-state index in [0.29, 0.717) is 23.8 Å². The minimum absolute atomic E-state index is 0.117. The molecule has 0 heterocycles. The van der Waals surface area contributed by atoms with Crippen molar-refractivity contribution in [1.82, 2.24) is 0 Å². The molecule has 1 amide bonds. The third-order valence-corrected chi connectivity index (χ3v) is 3.46. The highest BCUT2D eigenvalue weighted by Gasteiger charge is 2.07. The first-order chi connectivity index (χ1) is 12.5. The van der Waals surface area contributed by atoms with Gasteiger partial charge in [0.2, 0.25) is 5.91 Å². The Kier molecular flexibility index (Phi) is 7.02. The molecule has 138 valence electrons. The molecule has 6 nitrogen and oxygen atoms in total. The molecule has 0 radical (unpaired) electrons. The first kappa shape index (κ1) is 19.3. The first-order valence-electron chi connectivity index (χ1n) is 8.43. The molecule has 0 aromatic heterocycles. The number of amides is 1. The predicted molar refractivity (Wildman–Crippen MR) is 102 cm³/mol. The average molecular weight is 356 g/mol. The summed E-state index contributed by atoms with van der Waals surface area (Å²) < 4.78 is 10.3. The maximum absolute atomic E-state index is 12.1. The van der Waals surface area contributed by atoms with Crippen LogP contribution in [0.1, 0.15) is 24.2 Å². The van der Waals surface area contributed by atoms with Crippen molar-refractivity contribution in [3.05, 3.63) is 54.1 Å². The van der Waals surface area contributed by atoms with Gasteiger partial charge in [-0.25, -0.2) is 4.79 Å². The Morgan fingerprint density at radius 2 is 1.77 bits per heavy atom. The van der Waals surface area contributed by atoms with Crippen LogP contribution in [0.5, 0.6) is 5.75 Å². The summed E-state index contributed by atoms with van der Waals surface area (Å²) in [7, 11) is 1.33. The van der Waals surface area contributed by atoms with Gasteiger partial charge in [0, 0.05) is 17.4 Å². The standard InChI is InChI=1S/C20H24N2O4/c1-14(2)13-26-18-6-4-5-17(11-18)21-12-19(23)22-16-9-7-15(8-10-16)20(24)25-3/h4-11,14,21H,12-13H2,1-3H3,(H,22,23). The van der Waals surface area contributed by atoms with Gasteiger partial charge in [0.25, 0.3) is 0 Å². The summed E-state index contributed by atoms with van der Waals surface area (Å²) in [4.78, 5) is 23.5. The molecule has 0 unspecified atom stereocenters. The molecule has 0 aliphatic heterocycles. The van der Waals surface area contributed by atoms with Gasteiger partial charge in [-0.05, 0) is 42.3 Å². The Bertz CT molecular complexity index is 742. The Balaban J connectivity index is 1.85. The van der Waals surface area contributed by atoms with Crippen molar-refractivity contribution < 1.29 is 19.1 Å². The summed E-state index contributed by atoms with van der Waals surface area (Å²) in [5, 5.41) is 5.83. The molecule has 0 saturated carbocycles. The second kappa shape index (κ2) is 9.46. The van der Waals surface area contributed by atoms with Crippen molar-refractivity contribution in [3.8, 4) is 5.75 Å². The van der Waals surface area contributed by atoms with Gasteiger partial charge in [0.1, 0.15) is 5.75 Å². The second-order valence-corrected chi connectivity index (χ2v) is 6.20. The zero-order chi connectivity index (χ0) is 18.9. The van der Waals surface area contributed by atoms with E-state index in [1.807, 2.05) is 24.3 Å². The van der Waals surface area contributed by atoms with Gasteiger partial charge in [0.15, 0.2) is 0 Å². The third-order valence-electron chi connectivity index (χ3n) is 3.46. The molecule has 0 saturated heterocycles. The zero-order valence-corrected chi connectivity index (χ0v) is 15.2. The Hall–Kier alpha value is -3.02. The summed E-state index contributed by atoms with van der Waals surface area (Å²) >= 11 is 0. The lowest BCUT2D eigenvalue weighted by Crippen LogP contribution is -2.21. The van der Waals surface area contributed by atoms with E-state index in [1.54, 1.807) is 24.3 Å². The van der Waals surface area contributed by atoms with E-state index in [0.717, 1.165) is 11.4 Å². The van der Waals surface area contributed by atoms with Crippen LogP contribution in [-0.4, -0.2) is 32.1 Å². The van der Waals surface area contributed by atoms with Gasteiger partial charge in [-0.15, -0.1) is 0 Å². The quantitative estimate of drug-likeness (QED) is 0.707. The minimum Gasteiger partial charge on any atom is -0.493 e. The molecule has 2 aromatic rings. The van der Waals surface area contributed by atoms with Crippen molar-refractivity contribution in [2.75, 3.05) is 30.9 Å². The highest BCUT2D eigenvalue weighted by atomic mass is 16.5. The fourth-order valence-electron chi connectivity index (χ4n) is 2.15. The number of benzene rings is 2. The number of nitrogens with one attached hydrogen (secondary N) is 2. The van der Waals surface area contributed by atoms with Crippen LogP contribution in [0.2, 0.25) is 0 Å². The third kappa shape index (κ3) is 6.12. The number of ether oxygens (including phenoxy) is 2. The summed E-state index contributed by atoms with van der Waals surface area (Å²) in [5.41, 5.74) is 1.85. The monoisotopic (exact) mass is 356 g/mol. The molecule has 6 heteroatoms. The number of esters is 1. The fourth-order valence-corrected chi connectivity index (χ4v) is 2.15. The average Bonchev–Trinajstić information content (AvgIpc) is 2.65. The van der Waals surface area contributed by atoms with E-state index in [-0.39, 0.29) is 12.5 Å². The van der Waals surface area contributed by atoms with Crippen molar-refractivity contribution in [1.29, 1.82) is 0 Å². The lowest BCUT2D eigenvalue weighted by Gasteiger charge is -2.11. The van der Waals surface area contributed by atoms with Gasteiger partial charge >= 0.3 is 5.97 Å². The van der Waals surface area contributed by atoms with Crippen LogP contribution >= 0.6 is 0 Å². The molecule has 0 atom stereocenters. The van der Waals surface area contributed by atoms with Crippen LogP contribution in [0.4, 0.5) is 11.4 Å². The number of carbonyl (C=O) groups excluding carboxylic acids is 2. The number of methoxy groups -OCH3 is 1. The topological polar surface area (TPSA) is 76.7 Å². The van der Waals surface area contributed by atoms with Crippen LogP contribution < -0.4 is 15.4 Å². The molecule has 2 aromatic carbocycles. The SMILES string of the molecule is COC(=O)c1ccc(NC(=O)CNc2cccc(OCC(C)C)c2)cc1. The highest BCUT2D eigenvalue weighted by Crippen LogP contribution is 2.18. The summed E-state index contributed by atoms with van der Waals surface area (Å²) in [6.45, 7) is 4.94. The Morgan fingerprint density at radius 1 is 1.04 bits per heavy atom. The maximum atomic E-state index is 12.1. The van der Waals surface area contributed by atoms with Crippen molar-refractivity contribution in [2.24, 2.45) is 5.92 Å². The van der Waals surface area contributed by atoms with Crippen molar-refractivity contribution >= 4 is 23.3 Å². The number of hydrogen-bond donors (Lipinski definition) is 2. The number of anilines is 2. The fraction of sp³-hybridized carbons (Fsp3) is 0.300. The summed E-state index contributed by atoms with van der Waals surface area (Å²) in [5.74, 6) is 0.610. The lowest BCUT2D eigenvalue weighted by molar-refractivity contribution is -0.114. The molecular formula is C20H24N2O4. The number of rotatable bonds is 8. The Labute approximate surface area is 153 Å². The first-order valence-corrected chi connectivity index (χ1v) is 8.43. The largest absolute Gasteiger partial charge is 0.493 e. The van der Waals surface area contributed by atoms with Gasteiger partial charge in [-0.2, -0.15) is 0 Å². The molecule has 26 heavy (non-hydrogen) atoms. The smallest absolute Gasteiger partial charge is 0.337 e. The molecule has 0 spiro atoms. The van der Waals surface area contributed by atoms with Gasteiger partial charge in [-0.1, -0.05) is 19.9 Å². The molecule has 0 fully saturated rings.